The molecular formula is C20H35NO13. The second kappa shape index (κ2) is 12.7. The minimum absolute atomic E-state index is 0.0342. The number of aliphatic hydroxyl groups excluding tert-OH is 10. The summed E-state index contributed by atoms with van der Waals surface area (Å²) in [6.45, 7) is 0.0447. The number of rotatable bonds is 11. The van der Waals surface area contributed by atoms with E-state index >= 15 is 0 Å². The van der Waals surface area contributed by atoms with E-state index in [4.69, 9.17) is 9.47 Å². The third kappa shape index (κ3) is 6.17. The van der Waals surface area contributed by atoms with E-state index in [1.807, 2.05) is 0 Å². The smallest absolute Gasteiger partial charge is 0.187 e. The molecule has 0 aromatic carbocycles. The van der Waals surface area contributed by atoms with E-state index in [-0.39, 0.29) is 6.29 Å². The van der Waals surface area contributed by atoms with Gasteiger partial charge in [-0.2, -0.15) is 0 Å². The zero-order chi connectivity index (χ0) is 25.7. The van der Waals surface area contributed by atoms with Crippen LogP contribution >= 0.6 is 0 Å². The second-order valence-corrected chi connectivity index (χ2v) is 8.41. The molecule has 0 aromatic heterocycles. The van der Waals surface area contributed by atoms with Crippen LogP contribution in [0.25, 0.3) is 0 Å². The van der Waals surface area contributed by atoms with E-state index in [0.29, 0.717) is 12.0 Å². The molecule has 13 unspecified atom stereocenters. The average molecular weight is 497 g/mol. The first-order valence-corrected chi connectivity index (χ1v) is 10.9. The molecule has 1 aliphatic carbocycles. The second-order valence-electron chi connectivity index (χ2n) is 8.41. The fourth-order valence-corrected chi connectivity index (χ4v) is 4.08. The largest absolute Gasteiger partial charge is 0.394 e. The molecule has 14 heteroatoms. The molecule has 14 nitrogen and oxygen atoms in total. The Morgan fingerprint density at radius 1 is 1.06 bits per heavy atom. The van der Waals surface area contributed by atoms with Crippen LogP contribution in [0.2, 0.25) is 0 Å². The summed E-state index contributed by atoms with van der Waals surface area (Å²) >= 11 is 0. The van der Waals surface area contributed by atoms with Gasteiger partial charge in [-0.15, -0.1) is 0 Å². The van der Waals surface area contributed by atoms with Crippen LogP contribution in [0.4, 0.5) is 0 Å². The van der Waals surface area contributed by atoms with Gasteiger partial charge in [-0.3, -0.25) is 0 Å². The number of aliphatic hydroxyl groups is 10. The van der Waals surface area contributed by atoms with Crippen molar-refractivity contribution in [2.45, 2.75) is 92.8 Å². The number of aldehydes is 1. The Hall–Kier alpha value is -1.11. The maximum atomic E-state index is 10.8. The maximum absolute atomic E-state index is 10.8. The predicted molar refractivity (Wildman–Crippen MR) is 111 cm³/mol. The molecule has 0 spiro atoms. The lowest BCUT2D eigenvalue weighted by Crippen LogP contribution is -2.68. The molecule has 0 bridgehead atoms. The van der Waals surface area contributed by atoms with E-state index in [2.05, 4.69) is 5.32 Å². The summed E-state index contributed by atoms with van der Waals surface area (Å²) in [6.07, 6.45) is -16.8. The Labute approximate surface area is 195 Å². The van der Waals surface area contributed by atoms with Gasteiger partial charge in [-0.1, -0.05) is 13.0 Å². The number of hydrogen-bond donors (Lipinski definition) is 11. The van der Waals surface area contributed by atoms with Crippen LogP contribution < -0.4 is 5.32 Å². The van der Waals surface area contributed by atoms with Crippen molar-refractivity contribution in [1.29, 1.82) is 0 Å². The fourth-order valence-electron chi connectivity index (χ4n) is 4.08. The zero-order valence-corrected chi connectivity index (χ0v) is 18.5. The van der Waals surface area contributed by atoms with Crippen molar-refractivity contribution in [3.8, 4) is 0 Å². The molecule has 1 fully saturated rings. The standard InChI is InChI=1S/C20H35NO13/c1-2-7-3-8(14(28)17(31)13(7)27)21-12-11(6-24)33-20(18(32)16(12)30)34-19(10(26)5-23)15(29)9(25)4-22/h3-4,8-21,23-32H,2,5-6H2,1H3. The molecule has 198 valence electrons. The van der Waals surface area contributed by atoms with Crippen molar-refractivity contribution in [2.24, 2.45) is 0 Å². The first-order chi connectivity index (χ1) is 16.0. The topological polar surface area (TPSA) is 250 Å². The third-order valence-electron chi connectivity index (χ3n) is 6.18. The maximum Gasteiger partial charge on any atom is 0.187 e. The van der Waals surface area contributed by atoms with Crippen molar-refractivity contribution < 1.29 is 65.3 Å². The van der Waals surface area contributed by atoms with Crippen molar-refractivity contribution in [3.05, 3.63) is 11.6 Å². The number of carbonyl (C=O) groups is 1. The lowest BCUT2D eigenvalue weighted by atomic mass is 9.85. The van der Waals surface area contributed by atoms with Gasteiger partial charge in [0.05, 0.1) is 25.3 Å². The lowest BCUT2D eigenvalue weighted by Gasteiger charge is -2.46. The van der Waals surface area contributed by atoms with Crippen LogP contribution in [0.3, 0.4) is 0 Å². The van der Waals surface area contributed by atoms with Gasteiger partial charge < -0.3 is 70.7 Å². The van der Waals surface area contributed by atoms with E-state index in [1.165, 1.54) is 6.08 Å². The highest BCUT2D eigenvalue weighted by molar-refractivity contribution is 5.56. The van der Waals surface area contributed by atoms with Gasteiger partial charge in [0.15, 0.2) is 12.6 Å². The van der Waals surface area contributed by atoms with Crippen molar-refractivity contribution in [1.82, 2.24) is 5.32 Å². The van der Waals surface area contributed by atoms with Crippen LogP contribution in [0, 0.1) is 0 Å². The molecule has 0 amide bonds. The monoisotopic (exact) mass is 497 g/mol. The molecule has 0 aromatic rings. The minimum atomic E-state index is -2.03. The summed E-state index contributed by atoms with van der Waals surface area (Å²) in [6, 6.07) is -2.22. The van der Waals surface area contributed by atoms with Gasteiger partial charge in [-0.05, 0) is 12.0 Å². The van der Waals surface area contributed by atoms with Gasteiger partial charge in [-0.25, -0.2) is 0 Å². The Morgan fingerprint density at radius 2 is 1.71 bits per heavy atom. The van der Waals surface area contributed by atoms with Gasteiger partial charge in [0, 0.05) is 0 Å². The summed E-state index contributed by atoms with van der Waals surface area (Å²) in [4.78, 5) is 10.8. The number of hydrogen-bond acceptors (Lipinski definition) is 14. The van der Waals surface area contributed by atoms with Gasteiger partial charge in [0.1, 0.15) is 61.0 Å². The van der Waals surface area contributed by atoms with E-state index in [1.54, 1.807) is 6.92 Å². The van der Waals surface area contributed by atoms with Crippen LogP contribution in [-0.2, 0) is 14.3 Å². The van der Waals surface area contributed by atoms with Crippen molar-refractivity contribution in [3.63, 3.8) is 0 Å². The van der Waals surface area contributed by atoms with Gasteiger partial charge in [0.2, 0.25) is 0 Å². The summed E-state index contributed by atoms with van der Waals surface area (Å²) in [5.41, 5.74) is 0.424. The Balaban J connectivity index is 2.21. The molecule has 0 saturated carbocycles. The van der Waals surface area contributed by atoms with Gasteiger partial charge >= 0.3 is 0 Å². The summed E-state index contributed by atoms with van der Waals surface area (Å²) in [7, 11) is 0. The van der Waals surface area contributed by atoms with E-state index in [0.717, 1.165) is 0 Å². The Bertz CT molecular complexity index is 679. The van der Waals surface area contributed by atoms with Crippen LogP contribution in [0.15, 0.2) is 11.6 Å². The summed E-state index contributed by atoms with van der Waals surface area (Å²) in [5.74, 6) is 0. The highest BCUT2D eigenvalue weighted by Crippen LogP contribution is 2.28. The molecule has 1 saturated heterocycles. The highest BCUT2D eigenvalue weighted by Gasteiger charge is 2.49. The Morgan fingerprint density at radius 3 is 2.24 bits per heavy atom. The minimum Gasteiger partial charge on any atom is -0.394 e. The molecule has 34 heavy (non-hydrogen) atoms. The molecule has 2 rings (SSSR count). The van der Waals surface area contributed by atoms with E-state index in [9.17, 15) is 55.9 Å². The zero-order valence-electron chi connectivity index (χ0n) is 18.5. The first kappa shape index (κ1) is 29.1. The number of carbonyl (C=O) groups excluding carboxylic acids is 1. The van der Waals surface area contributed by atoms with Gasteiger partial charge in [0.25, 0.3) is 0 Å². The SMILES string of the molecule is CCC1=CC(NC2C(CO)OC(OC(C(O)CO)C(O)C(O)C=O)C(O)C2O)C(O)C(O)C1O. The molecule has 1 aliphatic heterocycles. The third-order valence-corrected chi connectivity index (χ3v) is 6.18. The van der Waals surface area contributed by atoms with Crippen molar-refractivity contribution >= 4 is 6.29 Å². The lowest BCUT2D eigenvalue weighted by molar-refractivity contribution is -0.312. The van der Waals surface area contributed by atoms with Crippen LogP contribution in [-0.4, -0.2) is 150 Å². The molecule has 0 radical (unpaired) electrons. The molecule has 2 aliphatic rings. The highest BCUT2D eigenvalue weighted by atomic mass is 16.7. The van der Waals surface area contributed by atoms with E-state index < -0.39 is 92.6 Å². The van der Waals surface area contributed by atoms with Crippen molar-refractivity contribution in [2.75, 3.05) is 13.2 Å². The molecular weight excluding hydrogens is 462 g/mol. The summed E-state index contributed by atoms with van der Waals surface area (Å²) in [5, 5.41) is 103. The molecule has 1 heterocycles. The van der Waals surface area contributed by atoms with Crippen LogP contribution in [0.1, 0.15) is 13.3 Å². The predicted octanol–water partition coefficient (Wildman–Crippen LogP) is -6.16. The van der Waals surface area contributed by atoms with Crippen LogP contribution in [0.5, 0.6) is 0 Å². The fraction of sp³-hybridized carbons (Fsp3) is 0.850. The average Bonchev–Trinajstić information content (AvgIpc) is 2.84. The molecule has 11 N–H and O–H groups in total. The summed E-state index contributed by atoms with van der Waals surface area (Å²) < 4.78 is 10.7. The normalized spacial score (nSPS) is 40.2. The quantitative estimate of drug-likeness (QED) is 0.0939. The Kier molecular flexibility index (Phi) is 10.9. The first-order valence-electron chi connectivity index (χ1n) is 10.9. The molecule has 13 atom stereocenters. The number of nitrogens with one attached hydrogen (secondary N) is 1. The number of ether oxygens (including phenoxy) is 2.